The number of nitrogens with two attached hydrogens (primary N) is 1. The fraction of sp³-hybridized carbons (Fsp3) is 0.143. The summed E-state index contributed by atoms with van der Waals surface area (Å²) in [6, 6.07) is 9.11. The topological polar surface area (TPSA) is 69.4 Å². The summed E-state index contributed by atoms with van der Waals surface area (Å²) < 4.78 is 30.1. The quantitative estimate of drug-likeness (QED) is 0.860. The van der Waals surface area contributed by atoms with Crippen LogP contribution in [0.5, 0.6) is 5.75 Å². The Labute approximate surface area is 133 Å². The van der Waals surface area contributed by atoms with Crippen molar-refractivity contribution in [1.29, 1.82) is 0 Å². The SMILES string of the molecule is COc1ccc(Cl)cc1CS(=O)(=O)c1ccc(N)cc1Cl. The summed E-state index contributed by atoms with van der Waals surface area (Å²) in [5, 5.41) is 0.528. The van der Waals surface area contributed by atoms with Gasteiger partial charge in [0.1, 0.15) is 5.75 Å². The van der Waals surface area contributed by atoms with Gasteiger partial charge in [-0.25, -0.2) is 8.42 Å². The van der Waals surface area contributed by atoms with E-state index in [4.69, 9.17) is 33.7 Å². The molecular formula is C14H13Cl2NO3S. The normalized spacial score (nSPS) is 11.4. The summed E-state index contributed by atoms with van der Waals surface area (Å²) in [6.45, 7) is 0. The lowest BCUT2D eigenvalue weighted by atomic mass is 10.2. The summed E-state index contributed by atoms with van der Waals surface area (Å²) in [7, 11) is -2.17. The summed E-state index contributed by atoms with van der Waals surface area (Å²) >= 11 is 11.9. The fourth-order valence-corrected chi connectivity index (χ4v) is 4.07. The van der Waals surface area contributed by atoms with Gasteiger partial charge in [0.15, 0.2) is 9.84 Å². The van der Waals surface area contributed by atoms with Crippen LogP contribution in [0, 0.1) is 0 Å². The van der Waals surface area contributed by atoms with E-state index in [0.717, 1.165) is 0 Å². The van der Waals surface area contributed by atoms with Crippen LogP contribution in [-0.4, -0.2) is 15.5 Å². The van der Waals surface area contributed by atoms with Crippen molar-refractivity contribution in [3.8, 4) is 5.75 Å². The minimum Gasteiger partial charge on any atom is -0.496 e. The second-order valence-electron chi connectivity index (χ2n) is 4.41. The monoisotopic (exact) mass is 345 g/mol. The van der Waals surface area contributed by atoms with Gasteiger partial charge in [0, 0.05) is 16.3 Å². The molecule has 0 heterocycles. The van der Waals surface area contributed by atoms with Gasteiger partial charge in [0.05, 0.1) is 22.8 Å². The minimum atomic E-state index is -3.64. The lowest BCUT2D eigenvalue weighted by Crippen LogP contribution is -2.07. The maximum atomic E-state index is 12.5. The van der Waals surface area contributed by atoms with Crippen molar-refractivity contribution in [2.24, 2.45) is 0 Å². The molecule has 0 spiro atoms. The molecule has 7 heteroatoms. The number of hydrogen-bond acceptors (Lipinski definition) is 4. The van der Waals surface area contributed by atoms with E-state index in [1.165, 1.54) is 25.3 Å². The van der Waals surface area contributed by atoms with Gasteiger partial charge in [-0.2, -0.15) is 0 Å². The van der Waals surface area contributed by atoms with Crippen molar-refractivity contribution < 1.29 is 13.2 Å². The number of rotatable bonds is 4. The van der Waals surface area contributed by atoms with Crippen LogP contribution in [0.15, 0.2) is 41.3 Å². The molecule has 0 unspecified atom stereocenters. The molecule has 112 valence electrons. The lowest BCUT2D eigenvalue weighted by molar-refractivity contribution is 0.411. The van der Waals surface area contributed by atoms with Crippen LogP contribution < -0.4 is 10.5 Å². The number of anilines is 1. The molecular weight excluding hydrogens is 333 g/mol. The Morgan fingerprint density at radius 1 is 1.14 bits per heavy atom. The molecule has 0 radical (unpaired) electrons. The molecule has 0 aliphatic rings. The van der Waals surface area contributed by atoms with Gasteiger partial charge in [-0.05, 0) is 36.4 Å². The molecule has 0 saturated carbocycles. The second-order valence-corrected chi connectivity index (χ2v) is 7.21. The second kappa shape index (κ2) is 6.13. The highest BCUT2D eigenvalue weighted by atomic mass is 35.5. The van der Waals surface area contributed by atoms with Crippen LogP contribution in [-0.2, 0) is 15.6 Å². The molecule has 0 bridgehead atoms. The third-order valence-electron chi connectivity index (χ3n) is 2.88. The van der Waals surface area contributed by atoms with Gasteiger partial charge in [-0.15, -0.1) is 0 Å². The third kappa shape index (κ3) is 3.61. The zero-order valence-corrected chi connectivity index (χ0v) is 13.5. The van der Waals surface area contributed by atoms with Crippen molar-refractivity contribution in [1.82, 2.24) is 0 Å². The van der Waals surface area contributed by atoms with Crippen LogP contribution in [0.3, 0.4) is 0 Å². The number of nitrogen functional groups attached to an aromatic ring is 1. The molecule has 2 aromatic carbocycles. The molecule has 2 N–H and O–H groups in total. The van der Waals surface area contributed by atoms with Crippen molar-refractivity contribution in [3.05, 3.63) is 52.0 Å². The Kier molecular flexibility index (Phi) is 4.66. The van der Waals surface area contributed by atoms with Crippen LogP contribution in [0.1, 0.15) is 5.56 Å². The van der Waals surface area contributed by atoms with Gasteiger partial charge >= 0.3 is 0 Å². The predicted molar refractivity (Wildman–Crippen MR) is 84.8 cm³/mol. The van der Waals surface area contributed by atoms with Crippen LogP contribution in [0.2, 0.25) is 10.0 Å². The molecule has 0 fully saturated rings. The average Bonchev–Trinajstić information content (AvgIpc) is 2.37. The first-order valence-electron chi connectivity index (χ1n) is 5.93. The molecule has 2 rings (SSSR count). The highest BCUT2D eigenvalue weighted by molar-refractivity contribution is 7.90. The first-order chi connectivity index (χ1) is 9.83. The number of hydrogen-bond donors (Lipinski definition) is 1. The largest absolute Gasteiger partial charge is 0.496 e. The van der Waals surface area contributed by atoms with Gasteiger partial charge < -0.3 is 10.5 Å². The number of sulfone groups is 1. The summed E-state index contributed by atoms with van der Waals surface area (Å²) in [4.78, 5) is 0.0281. The van der Waals surface area contributed by atoms with E-state index in [1.54, 1.807) is 18.2 Å². The number of methoxy groups -OCH3 is 1. The first-order valence-corrected chi connectivity index (χ1v) is 8.34. The number of halogens is 2. The Morgan fingerprint density at radius 2 is 1.86 bits per heavy atom. The third-order valence-corrected chi connectivity index (χ3v) is 5.26. The van der Waals surface area contributed by atoms with E-state index >= 15 is 0 Å². The zero-order chi connectivity index (χ0) is 15.6. The molecule has 0 aliphatic carbocycles. The maximum absolute atomic E-state index is 12.5. The Hall–Kier alpha value is -1.43. The van der Waals surface area contributed by atoms with E-state index in [2.05, 4.69) is 0 Å². The molecule has 21 heavy (non-hydrogen) atoms. The van der Waals surface area contributed by atoms with Crippen molar-refractivity contribution >= 4 is 38.7 Å². The predicted octanol–water partition coefficient (Wildman–Crippen LogP) is 3.56. The molecule has 4 nitrogen and oxygen atoms in total. The lowest BCUT2D eigenvalue weighted by Gasteiger charge is -2.11. The van der Waals surface area contributed by atoms with Crippen LogP contribution >= 0.6 is 23.2 Å². The highest BCUT2D eigenvalue weighted by Gasteiger charge is 2.21. The molecule has 0 saturated heterocycles. The van der Waals surface area contributed by atoms with Crippen molar-refractivity contribution in [2.45, 2.75) is 10.6 Å². The van der Waals surface area contributed by atoms with Gasteiger partial charge in [-0.3, -0.25) is 0 Å². The molecule has 0 aromatic heterocycles. The van der Waals surface area contributed by atoms with Crippen LogP contribution in [0.25, 0.3) is 0 Å². The summed E-state index contributed by atoms with van der Waals surface area (Å²) in [5.41, 5.74) is 6.44. The van der Waals surface area contributed by atoms with Gasteiger partial charge in [-0.1, -0.05) is 23.2 Å². The molecule has 2 aromatic rings. The standard InChI is InChI=1S/C14H13Cl2NO3S/c1-20-13-4-2-10(15)6-9(13)8-21(18,19)14-5-3-11(17)7-12(14)16/h2-7H,8,17H2,1H3. The Bertz CT molecular complexity index is 776. The van der Waals surface area contributed by atoms with E-state index < -0.39 is 9.84 Å². The van der Waals surface area contributed by atoms with Gasteiger partial charge in [0.25, 0.3) is 0 Å². The molecule has 0 amide bonds. The highest BCUT2D eigenvalue weighted by Crippen LogP contribution is 2.30. The Balaban J connectivity index is 2.44. The van der Waals surface area contributed by atoms with Crippen molar-refractivity contribution in [2.75, 3.05) is 12.8 Å². The Morgan fingerprint density at radius 3 is 2.48 bits per heavy atom. The fourth-order valence-electron chi connectivity index (χ4n) is 1.91. The summed E-state index contributed by atoms with van der Waals surface area (Å²) in [6.07, 6.45) is 0. The maximum Gasteiger partial charge on any atom is 0.184 e. The average molecular weight is 346 g/mol. The zero-order valence-electron chi connectivity index (χ0n) is 11.1. The minimum absolute atomic E-state index is 0.0281. The van der Waals surface area contributed by atoms with Crippen LogP contribution in [0.4, 0.5) is 5.69 Å². The summed E-state index contributed by atoms with van der Waals surface area (Å²) in [5.74, 6) is 0.190. The molecule has 0 aliphatic heterocycles. The van der Waals surface area contributed by atoms with E-state index in [9.17, 15) is 8.42 Å². The van der Waals surface area contributed by atoms with Crippen molar-refractivity contribution in [3.63, 3.8) is 0 Å². The number of benzene rings is 2. The van der Waals surface area contributed by atoms with E-state index in [0.29, 0.717) is 22.0 Å². The first kappa shape index (κ1) is 15.9. The van der Waals surface area contributed by atoms with Gasteiger partial charge in [0.2, 0.25) is 0 Å². The molecule has 0 atom stereocenters. The van der Waals surface area contributed by atoms with E-state index in [1.807, 2.05) is 0 Å². The van der Waals surface area contributed by atoms with E-state index in [-0.39, 0.29) is 15.7 Å². The number of ether oxygens (including phenoxy) is 1. The smallest absolute Gasteiger partial charge is 0.184 e.